The van der Waals surface area contributed by atoms with Crippen LogP contribution in [0.3, 0.4) is 0 Å². The van der Waals surface area contributed by atoms with E-state index in [0.29, 0.717) is 4.75 Å². The standard InChI is InChI=1S/C16H25NS/c1-13(2)10-14-4-6-15(7-5-14)11-17-12-16(18-3)8-9-16/h4-7,13,17H,8-12H2,1-3H3. The average Bonchev–Trinajstić information content (AvgIpc) is 3.11. The van der Waals surface area contributed by atoms with Crippen LogP contribution in [0.2, 0.25) is 0 Å². The van der Waals surface area contributed by atoms with E-state index in [2.05, 4.69) is 49.7 Å². The van der Waals surface area contributed by atoms with Crippen molar-refractivity contribution in [2.75, 3.05) is 12.8 Å². The summed E-state index contributed by atoms with van der Waals surface area (Å²) in [5.41, 5.74) is 2.86. The van der Waals surface area contributed by atoms with Crippen LogP contribution in [0, 0.1) is 5.92 Å². The SMILES string of the molecule is CSC1(CNCc2ccc(CC(C)C)cc2)CC1. The Hall–Kier alpha value is -0.470. The molecule has 1 aliphatic carbocycles. The van der Waals surface area contributed by atoms with Gasteiger partial charge in [-0.05, 0) is 42.6 Å². The minimum atomic E-state index is 0.567. The van der Waals surface area contributed by atoms with Gasteiger partial charge >= 0.3 is 0 Å². The van der Waals surface area contributed by atoms with E-state index in [-0.39, 0.29) is 0 Å². The Kier molecular flexibility index (Phi) is 4.74. The van der Waals surface area contributed by atoms with Gasteiger partial charge in [-0.2, -0.15) is 11.8 Å². The first-order chi connectivity index (χ1) is 8.63. The highest BCUT2D eigenvalue weighted by molar-refractivity contribution is 8.00. The van der Waals surface area contributed by atoms with Crippen molar-refractivity contribution in [3.05, 3.63) is 35.4 Å². The fraction of sp³-hybridized carbons (Fsp3) is 0.625. The molecule has 0 saturated heterocycles. The summed E-state index contributed by atoms with van der Waals surface area (Å²) in [6.07, 6.45) is 6.18. The van der Waals surface area contributed by atoms with Gasteiger partial charge in [0.1, 0.15) is 0 Å². The molecule has 18 heavy (non-hydrogen) atoms. The number of rotatable bonds is 7. The van der Waals surface area contributed by atoms with Crippen LogP contribution in [0.1, 0.15) is 37.8 Å². The van der Waals surface area contributed by atoms with Gasteiger partial charge in [0.15, 0.2) is 0 Å². The van der Waals surface area contributed by atoms with Crippen LogP contribution in [0.15, 0.2) is 24.3 Å². The number of benzene rings is 1. The number of hydrogen-bond acceptors (Lipinski definition) is 2. The summed E-state index contributed by atoms with van der Waals surface area (Å²) in [4.78, 5) is 0. The first-order valence-corrected chi connectivity index (χ1v) is 8.20. The Morgan fingerprint density at radius 3 is 2.28 bits per heavy atom. The average molecular weight is 263 g/mol. The Morgan fingerprint density at radius 2 is 1.78 bits per heavy atom. The molecular formula is C16H25NS. The van der Waals surface area contributed by atoms with Crippen molar-refractivity contribution in [2.45, 2.75) is 44.4 Å². The molecule has 100 valence electrons. The highest BCUT2D eigenvalue weighted by atomic mass is 32.2. The first kappa shape index (κ1) is 14.0. The summed E-state index contributed by atoms with van der Waals surface area (Å²) in [7, 11) is 0. The molecule has 1 saturated carbocycles. The number of nitrogens with one attached hydrogen (secondary N) is 1. The van der Waals surface area contributed by atoms with Crippen molar-refractivity contribution in [2.24, 2.45) is 5.92 Å². The van der Waals surface area contributed by atoms with Crippen molar-refractivity contribution < 1.29 is 0 Å². The van der Waals surface area contributed by atoms with Crippen LogP contribution in [0.4, 0.5) is 0 Å². The highest BCUT2D eigenvalue weighted by Gasteiger charge is 2.41. The molecule has 1 aliphatic rings. The summed E-state index contributed by atoms with van der Waals surface area (Å²) < 4.78 is 0.567. The first-order valence-electron chi connectivity index (χ1n) is 6.97. The fourth-order valence-corrected chi connectivity index (χ4v) is 3.05. The largest absolute Gasteiger partial charge is 0.311 e. The van der Waals surface area contributed by atoms with Gasteiger partial charge in [-0.15, -0.1) is 0 Å². The molecule has 0 aromatic heterocycles. The van der Waals surface area contributed by atoms with Gasteiger partial charge in [0.2, 0.25) is 0 Å². The predicted octanol–water partition coefficient (Wildman–Crippen LogP) is 3.87. The van der Waals surface area contributed by atoms with Crippen LogP contribution >= 0.6 is 11.8 Å². The van der Waals surface area contributed by atoms with Gasteiger partial charge in [-0.3, -0.25) is 0 Å². The smallest absolute Gasteiger partial charge is 0.0282 e. The molecular weight excluding hydrogens is 238 g/mol. The molecule has 1 aromatic rings. The van der Waals surface area contributed by atoms with E-state index in [4.69, 9.17) is 0 Å². The van der Waals surface area contributed by atoms with Crippen molar-refractivity contribution >= 4 is 11.8 Å². The quantitative estimate of drug-likeness (QED) is 0.801. The molecule has 1 N–H and O–H groups in total. The molecule has 0 aliphatic heterocycles. The summed E-state index contributed by atoms with van der Waals surface area (Å²) in [5, 5.41) is 3.59. The number of thioether (sulfide) groups is 1. The van der Waals surface area contributed by atoms with Gasteiger partial charge in [0, 0.05) is 17.8 Å². The van der Waals surface area contributed by atoms with Gasteiger partial charge in [-0.1, -0.05) is 38.1 Å². The summed E-state index contributed by atoms with van der Waals surface area (Å²) in [5.74, 6) is 0.741. The van der Waals surface area contributed by atoms with Crippen molar-refractivity contribution in [1.29, 1.82) is 0 Å². The van der Waals surface area contributed by atoms with Crippen molar-refractivity contribution in [1.82, 2.24) is 5.32 Å². The van der Waals surface area contributed by atoms with Crippen LogP contribution < -0.4 is 5.32 Å². The zero-order valence-corrected chi connectivity index (χ0v) is 12.6. The second-order valence-electron chi connectivity index (χ2n) is 5.91. The molecule has 2 heteroatoms. The third-order valence-corrected chi connectivity index (χ3v) is 5.10. The molecule has 1 fully saturated rings. The van der Waals surface area contributed by atoms with Gasteiger partial charge in [0.25, 0.3) is 0 Å². The monoisotopic (exact) mass is 263 g/mol. The van der Waals surface area contributed by atoms with Crippen LogP contribution in [-0.4, -0.2) is 17.5 Å². The van der Waals surface area contributed by atoms with E-state index in [1.807, 2.05) is 11.8 Å². The Morgan fingerprint density at radius 1 is 1.17 bits per heavy atom. The minimum absolute atomic E-state index is 0.567. The van der Waals surface area contributed by atoms with Gasteiger partial charge in [0.05, 0.1) is 0 Å². The zero-order chi connectivity index (χ0) is 13.0. The second-order valence-corrected chi connectivity index (χ2v) is 7.18. The lowest BCUT2D eigenvalue weighted by molar-refractivity contribution is 0.645. The lowest BCUT2D eigenvalue weighted by Crippen LogP contribution is -2.25. The van der Waals surface area contributed by atoms with E-state index in [1.54, 1.807) is 0 Å². The van der Waals surface area contributed by atoms with E-state index >= 15 is 0 Å². The van der Waals surface area contributed by atoms with Gasteiger partial charge in [-0.25, -0.2) is 0 Å². The third kappa shape index (κ3) is 4.03. The fourth-order valence-electron chi connectivity index (χ4n) is 2.29. The van der Waals surface area contributed by atoms with Crippen LogP contribution in [-0.2, 0) is 13.0 Å². The zero-order valence-electron chi connectivity index (χ0n) is 11.8. The molecule has 0 amide bonds. The van der Waals surface area contributed by atoms with E-state index in [1.165, 1.54) is 30.4 Å². The molecule has 1 aromatic carbocycles. The topological polar surface area (TPSA) is 12.0 Å². The molecule has 0 heterocycles. The molecule has 0 unspecified atom stereocenters. The summed E-state index contributed by atoms with van der Waals surface area (Å²) in [6, 6.07) is 9.09. The maximum Gasteiger partial charge on any atom is 0.0282 e. The molecule has 0 atom stereocenters. The molecule has 0 bridgehead atoms. The van der Waals surface area contributed by atoms with Crippen LogP contribution in [0.25, 0.3) is 0 Å². The lowest BCUT2D eigenvalue weighted by Gasteiger charge is -2.13. The Bertz CT molecular complexity index is 365. The van der Waals surface area contributed by atoms with E-state index in [0.717, 1.165) is 19.0 Å². The minimum Gasteiger partial charge on any atom is -0.311 e. The third-order valence-electron chi connectivity index (χ3n) is 3.68. The lowest BCUT2D eigenvalue weighted by atomic mass is 10.0. The molecule has 1 nitrogen and oxygen atoms in total. The molecule has 0 radical (unpaired) electrons. The van der Waals surface area contributed by atoms with Crippen molar-refractivity contribution in [3.63, 3.8) is 0 Å². The van der Waals surface area contributed by atoms with Gasteiger partial charge < -0.3 is 5.32 Å². The maximum absolute atomic E-state index is 3.59. The number of hydrogen-bond donors (Lipinski definition) is 1. The summed E-state index contributed by atoms with van der Waals surface area (Å²) >= 11 is 2.02. The normalized spacial score (nSPS) is 17.1. The molecule has 2 rings (SSSR count). The van der Waals surface area contributed by atoms with E-state index in [9.17, 15) is 0 Å². The van der Waals surface area contributed by atoms with E-state index < -0.39 is 0 Å². The second kappa shape index (κ2) is 6.12. The highest BCUT2D eigenvalue weighted by Crippen LogP contribution is 2.46. The predicted molar refractivity (Wildman–Crippen MR) is 82.2 cm³/mol. The Balaban J connectivity index is 1.76. The maximum atomic E-state index is 3.59. The molecule has 0 spiro atoms. The van der Waals surface area contributed by atoms with Crippen LogP contribution in [0.5, 0.6) is 0 Å². The summed E-state index contributed by atoms with van der Waals surface area (Å²) in [6.45, 7) is 6.70. The Labute approximate surface area is 116 Å². The van der Waals surface area contributed by atoms with Crippen molar-refractivity contribution in [3.8, 4) is 0 Å².